The minimum Gasteiger partial charge on any atom is -0.381 e. The van der Waals surface area contributed by atoms with Gasteiger partial charge in [0.1, 0.15) is 5.69 Å². The predicted octanol–water partition coefficient (Wildman–Crippen LogP) is 0.968. The third-order valence-corrected chi connectivity index (χ3v) is 4.83. The van der Waals surface area contributed by atoms with E-state index in [9.17, 15) is 4.79 Å². The molecule has 22 heavy (non-hydrogen) atoms. The molecule has 0 unspecified atom stereocenters. The Morgan fingerprint density at radius 1 is 1.41 bits per heavy atom. The molecule has 6 nitrogen and oxygen atoms in total. The van der Waals surface area contributed by atoms with Crippen molar-refractivity contribution in [2.45, 2.75) is 25.8 Å². The zero-order valence-corrected chi connectivity index (χ0v) is 13.6. The Bertz CT molecular complexity index is 540. The average molecular weight is 304 g/mol. The Morgan fingerprint density at radius 3 is 2.82 bits per heavy atom. The van der Waals surface area contributed by atoms with E-state index in [4.69, 9.17) is 4.74 Å². The minimum atomic E-state index is -0.0141. The number of aryl methyl sites for hydroxylation is 1. The Hall–Kier alpha value is -1.53. The van der Waals surface area contributed by atoms with Gasteiger partial charge in [0.2, 0.25) is 0 Å². The fraction of sp³-hybridized carbons (Fsp3) is 0.688. The van der Waals surface area contributed by atoms with E-state index in [1.165, 1.54) is 0 Å². The van der Waals surface area contributed by atoms with Crippen molar-refractivity contribution in [1.82, 2.24) is 19.8 Å². The molecule has 6 heteroatoms. The van der Waals surface area contributed by atoms with Crippen molar-refractivity contribution in [3.63, 3.8) is 0 Å². The van der Waals surface area contributed by atoms with Crippen molar-refractivity contribution in [2.75, 3.05) is 39.9 Å². The first-order valence-corrected chi connectivity index (χ1v) is 7.91. The predicted molar refractivity (Wildman–Crippen MR) is 82.6 cm³/mol. The second kappa shape index (κ2) is 5.93. The van der Waals surface area contributed by atoms with Crippen LogP contribution < -0.4 is 0 Å². The number of aromatic nitrogens is 2. The van der Waals surface area contributed by atoms with Crippen molar-refractivity contribution >= 4 is 5.91 Å². The molecular formula is C16H24N4O2. The van der Waals surface area contributed by atoms with Crippen molar-refractivity contribution < 1.29 is 9.53 Å². The summed E-state index contributed by atoms with van der Waals surface area (Å²) in [7, 11) is 2.15. The van der Waals surface area contributed by atoms with Crippen LogP contribution in [0.4, 0.5) is 0 Å². The lowest BCUT2D eigenvalue weighted by Gasteiger charge is -2.51. The molecule has 0 bridgehead atoms. The highest BCUT2D eigenvalue weighted by atomic mass is 16.5. The molecule has 120 valence electrons. The van der Waals surface area contributed by atoms with Gasteiger partial charge in [-0.3, -0.25) is 14.7 Å². The summed E-state index contributed by atoms with van der Waals surface area (Å²) >= 11 is 0. The topological polar surface area (TPSA) is 58.6 Å². The van der Waals surface area contributed by atoms with Crippen LogP contribution in [0.3, 0.4) is 0 Å². The standard InChI is InChI=1S/C16H24N4O2/c1-4-22-9-13-5-16(19(3)8-13)10-20(11-16)15(21)14-7-17-12(2)6-18-14/h6-7,13H,4-5,8-11H2,1-3H3/t13-/m0/s1. The normalized spacial score (nSPS) is 23.8. The highest BCUT2D eigenvalue weighted by Crippen LogP contribution is 2.39. The minimum absolute atomic E-state index is 0.0141. The van der Waals surface area contributed by atoms with Gasteiger partial charge in [0.15, 0.2) is 0 Å². The van der Waals surface area contributed by atoms with Crippen LogP contribution in [0.25, 0.3) is 0 Å². The quantitative estimate of drug-likeness (QED) is 0.829. The highest BCUT2D eigenvalue weighted by Gasteiger charge is 2.53. The van der Waals surface area contributed by atoms with Gasteiger partial charge in [-0.2, -0.15) is 0 Å². The summed E-state index contributed by atoms with van der Waals surface area (Å²) in [4.78, 5) is 25.0. The third kappa shape index (κ3) is 2.73. The van der Waals surface area contributed by atoms with Crippen molar-refractivity contribution in [2.24, 2.45) is 5.92 Å². The summed E-state index contributed by atoms with van der Waals surface area (Å²) in [6.45, 7) is 8.09. The van der Waals surface area contributed by atoms with E-state index in [-0.39, 0.29) is 11.4 Å². The molecule has 1 spiro atoms. The molecular weight excluding hydrogens is 280 g/mol. The Labute approximate surface area is 131 Å². The van der Waals surface area contributed by atoms with Crippen LogP contribution in [0.5, 0.6) is 0 Å². The molecule has 3 rings (SSSR count). The van der Waals surface area contributed by atoms with Crippen LogP contribution in [-0.2, 0) is 4.74 Å². The maximum atomic E-state index is 12.4. The summed E-state index contributed by atoms with van der Waals surface area (Å²) in [5.41, 5.74) is 1.40. The lowest BCUT2D eigenvalue weighted by molar-refractivity contribution is -0.00833. The van der Waals surface area contributed by atoms with E-state index < -0.39 is 0 Å². The maximum absolute atomic E-state index is 12.4. The summed E-state index contributed by atoms with van der Waals surface area (Å²) in [6, 6.07) is 0. The monoisotopic (exact) mass is 304 g/mol. The molecule has 2 fully saturated rings. The SMILES string of the molecule is CCOC[C@@H]1CN(C)C2(C1)CN(C(=O)c1cnc(C)cn1)C2. The number of hydrogen-bond acceptors (Lipinski definition) is 5. The number of nitrogens with zero attached hydrogens (tertiary/aromatic N) is 4. The molecule has 0 aromatic carbocycles. The molecule has 0 radical (unpaired) electrons. The van der Waals surface area contributed by atoms with Crippen molar-refractivity contribution in [3.8, 4) is 0 Å². The number of likely N-dealkylation sites (N-methyl/N-ethyl adjacent to an activating group) is 1. The molecule has 1 atom stereocenters. The second-order valence-electron chi connectivity index (χ2n) is 6.54. The molecule has 1 aromatic heterocycles. The molecule has 2 saturated heterocycles. The Balaban J connectivity index is 1.59. The number of ether oxygens (including phenoxy) is 1. The first-order valence-electron chi connectivity index (χ1n) is 7.91. The van der Waals surface area contributed by atoms with E-state index in [2.05, 4.69) is 21.9 Å². The van der Waals surface area contributed by atoms with Gasteiger partial charge in [0.05, 0.1) is 24.0 Å². The van der Waals surface area contributed by atoms with E-state index in [0.29, 0.717) is 11.6 Å². The second-order valence-corrected chi connectivity index (χ2v) is 6.54. The van der Waals surface area contributed by atoms with Gasteiger partial charge in [-0.05, 0) is 33.2 Å². The van der Waals surface area contributed by atoms with Gasteiger partial charge >= 0.3 is 0 Å². The van der Waals surface area contributed by atoms with Crippen molar-refractivity contribution in [1.29, 1.82) is 0 Å². The zero-order chi connectivity index (χ0) is 15.7. The number of carbonyl (C=O) groups is 1. The number of hydrogen-bond donors (Lipinski definition) is 0. The van der Waals surface area contributed by atoms with E-state index in [0.717, 1.165) is 45.0 Å². The van der Waals surface area contributed by atoms with Crippen LogP contribution >= 0.6 is 0 Å². The largest absolute Gasteiger partial charge is 0.381 e. The van der Waals surface area contributed by atoms with Crippen molar-refractivity contribution in [3.05, 3.63) is 23.8 Å². The lowest BCUT2D eigenvalue weighted by atomic mass is 9.84. The summed E-state index contributed by atoms with van der Waals surface area (Å²) in [5, 5.41) is 0. The zero-order valence-electron chi connectivity index (χ0n) is 13.6. The lowest BCUT2D eigenvalue weighted by Crippen LogP contribution is -2.68. The fourth-order valence-corrected chi connectivity index (χ4v) is 3.58. The molecule has 2 aliphatic heterocycles. The van der Waals surface area contributed by atoms with Crippen LogP contribution in [-0.4, -0.2) is 71.1 Å². The van der Waals surface area contributed by atoms with E-state index in [1.807, 2.05) is 18.7 Å². The van der Waals surface area contributed by atoms with Crippen LogP contribution in [0.1, 0.15) is 29.5 Å². The van der Waals surface area contributed by atoms with Crippen LogP contribution in [0, 0.1) is 12.8 Å². The molecule has 0 saturated carbocycles. The summed E-state index contributed by atoms with van der Waals surface area (Å²) in [6.07, 6.45) is 4.31. The average Bonchev–Trinajstić information content (AvgIpc) is 2.80. The van der Waals surface area contributed by atoms with Gasteiger partial charge in [-0.15, -0.1) is 0 Å². The van der Waals surface area contributed by atoms with E-state index >= 15 is 0 Å². The molecule has 1 amide bonds. The molecule has 1 aromatic rings. The number of rotatable bonds is 4. The Kier molecular flexibility index (Phi) is 4.14. The van der Waals surface area contributed by atoms with Gasteiger partial charge in [0.25, 0.3) is 5.91 Å². The molecule has 0 N–H and O–H groups in total. The van der Waals surface area contributed by atoms with Gasteiger partial charge in [-0.25, -0.2) is 4.98 Å². The first-order chi connectivity index (χ1) is 10.5. The number of amides is 1. The molecule has 2 aliphatic rings. The van der Waals surface area contributed by atoms with Gasteiger partial charge in [-0.1, -0.05) is 0 Å². The smallest absolute Gasteiger partial charge is 0.274 e. The first kappa shape index (κ1) is 15.4. The van der Waals surface area contributed by atoms with Crippen LogP contribution in [0.2, 0.25) is 0 Å². The maximum Gasteiger partial charge on any atom is 0.274 e. The van der Waals surface area contributed by atoms with Gasteiger partial charge in [0, 0.05) is 32.4 Å². The van der Waals surface area contributed by atoms with Crippen LogP contribution in [0.15, 0.2) is 12.4 Å². The number of carbonyl (C=O) groups excluding carboxylic acids is 1. The Morgan fingerprint density at radius 2 is 2.18 bits per heavy atom. The van der Waals surface area contributed by atoms with Gasteiger partial charge < -0.3 is 9.64 Å². The molecule has 3 heterocycles. The van der Waals surface area contributed by atoms with E-state index in [1.54, 1.807) is 12.4 Å². The third-order valence-electron chi connectivity index (χ3n) is 4.83. The summed E-state index contributed by atoms with van der Waals surface area (Å²) in [5.74, 6) is 0.557. The fourth-order valence-electron chi connectivity index (χ4n) is 3.58. The summed E-state index contributed by atoms with van der Waals surface area (Å²) < 4.78 is 5.56. The highest BCUT2D eigenvalue weighted by molar-refractivity contribution is 5.92. The number of likely N-dealkylation sites (tertiary alicyclic amines) is 2. The molecule has 0 aliphatic carbocycles.